The largest absolute Gasteiger partial charge is 0.275 e. The van der Waals surface area contributed by atoms with E-state index in [1.165, 1.54) is 11.5 Å². The van der Waals surface area contributed by atoms with Crippen molar-refractivity contribution in [1.82, 2.24) is 3.96 Å². The lowest BCUT2D eigenvalue weighted by Crippen LogP contribution is -2.14. The van der Waals surface area contributed by atoms with Gasteiger partial charge in [0, 0.05) is 5.38 Å². The van der Waals surface area contributed by atoms with Gasteiger partial charge in [0.1, 0.15) is 0 Å². The number of aromatic nitrogens is 1. The van der Waals surface area contributed by atoms with Crippen LogP contribution in [-0.2, 0) is 6.54 Å². The molecule has 0 unspecified atom stereocenters. The molecule has 1 heterocycles. The summed E-state index contributed by atoms with van der Waals surface area (Å²) in [5.41, 5.74) is 1.11. The van der Waals surface area contributed by atoms with Gasteiger partial charge in [-0.2, -0.15) is 0 Å². The second-order valence-electron chi connectivity index (χ2n) is 2.87. The summed E-state index contributed by atoms with van der Waals surface area (Å²) in [4.78, 5) is 11.5. The molecular weight excluding hydrogens is 274 g/mol. The molecule has 1 aromatic rings. The van der Waals surface area contributed by atoms with Gasteiger partial charge in [0.25, 0.3) is 5.56 Å². The van der Waals surface area contributed by atoms with Crippen LogP contribution < -0.4 is 5.56 Å². The van der Waals surface area contributed by atoms with Crippen molar-refractivity contribution in [3.63, 3.8) is 0 Å². The highest BCUT2D eigenvalue weighted by atomic mass is 79.9. The molecule has 0 saturated heterocycles. The van der Waals surface area contributed by atoms with Crippen LogP contribution in [0.3, 0.4) is 0 Å². The molecule has 15 heavy (non-hydrogen) atoms. The third-order valence-corrected chi connectivity index (χ3v) is 3.62. The van der Waals surface area contributed by atoms with E-state index in [1.807, 2.05) is 25.2 Å². The number of nitrogens with zero attached hydrogens (tertiary/aromatic N) is 1. The molecule has 2 nitrogen and oxygen atoms in total. The molecule has 1 rings (SSSR count). The fraction of sp³-hybridized carbons (Fsp3) is 0.182. The number of rotatable bonds is 4. The maximum absolute atomic E-state index is 11.5. The molecule has 0 saturated carbocycles. The van der Waals surface area contributed by atoms with Gasteiger partial charge in [-0.05, 0) is 28.4 Å². The second-order valence-corrected chi connectivity index (χ2v) is 4.61. The van der Waals surface area contributed by atoms with Gasteiger partial charge in [0.2, 0.25) is 0 Å². The van der Waals surface area contributed by atoms with E-state index in [9.17, 15) is 4.79 Å². The highest BCUT2D eigenvalue weighted by Crippen LogP contribution is 2.10. The van der Waals surface area contributed by atoms with Crippen LogP contribution in [0, 0.1) is 0 Å². The van der Waals surface area contributed by atoms with Crippen LogP contribution in [0.2, 0.25) is 0 Å². The van der Waals surface area contributed by atoms with Gasteiger partial charge in [0.15, 0.2) is 0 Å². The van der Waals surface area contributed by atoms with Crippen LogP contribution in [0.15, 0.2) is 51.1 Å². The normalized spacial score (nSPS) is 12.3. The Balaban J connectivity index is 2.85. The minimum absolute atomic E-state index is 0.0198. The Morgan fingerprint density at radius 1 is 1.73 bits per heavy atom. The minimum atomic E-state index is 0.0198. The Labute approximate surface area is 102 Å². The van der Waals surface area contributed by atoms with Gasteiger partial charge in [-0.15, -0.1) is 0 Å². The van der Waals surface area contributed by atoms with Crippen LogP contribution in [0.5, 0.6) is 0 Å². The van der Waals surface area contributed by atoms with Crippen molar-refractivity contribution in [2.45, 2.75) is 13.5 Å². The molecule has 4 heteroatoms. The standard InChI is InChI=1S/C11H12BrNOS/c1-3-5-6-9(4-2)7-13-11(14)10(12)8-15-13/h3-6,8H,1,7H2,2H3/b6-5-,9-4+. The molecule has 0 aliphatic heterocycles. The molecule has 0 radical (unpaired) electrons. The monoisotopic (exact) mass is 285 g/mol. The van der Waals surface area contributed by atoms with E-state index in [1.54, 1.807) is 15.4 Å². The van der Waals surface area contributed by atoms with E-state index < -0.39 is 0 Å². The summed E-state index contributed by atoms with van der Waals surface area (Å²) in [6.45, 7) is 6.17. The highest BCUT2D eigenvalue weighted by Gasteiger charge is 2.03. The molecule has 0 N–H and O–H groups in total. The summed E-state index contributed by atoms with van der Waals surface area (Å²) in [5.74, 6) is 0. The van der Waals surface area contributed by atoms with E-state index in [2.05, 4.69) is 22.5 Å². The van der Waals surface area contributed by atoms with Gasteiger partial charge < -0.3 is 0 Å². The summed E-state index contributed by atoms with van der Waals surface area (Å²) >= 11 is 4.61. The van der Waals surface area contributed by atoms with Crippen molar-refractivity contribution < 1.29 is 0 Å². The SMILES string of the molecule is C=C/C=C\C(=C/C)Cn1scc(Br)c1=O. The van der Waals surface area contributed by atoms with E-state index in [4.69, 9.17) is 0 Å². The molecule has 0 aromatic carbocycles. The van der Waals surface area contributed by atoms with Gasteiger partial charge >= 0.3 is 0 Å². The highest BCUT2D eigenvalue weighted by molar-refractivity contribution is 9.10. The lowest BCUT2D eigenvalue weighted by atomic mass is 10.2. The molecule has 80 valence electrons. The first-order chi connectivity index (χ1) is 7.19. The summed E-state index contributed by atoms with van der Waals surface area (Å²) in [6.07, 6.45) is 7.52. The Bertz CT molecular complexity index is 453. The van der Waals surface area contributed by atoms with Crippen molar-refractivity contribution in [3.05, 3.63) is 56.7 Å². The van der Waals surface area contributed by atoms with Crippen molar-refractivity contribution in [3.8, 4) is 0 Å². The lowest BCUT2D eigenvalue weighted by Gasteiger charge is -2.00. The maximum atomic E-state index is 11.5. The molecule has 0 aliphatic carbocycles. The molecule has 0 aliphatic rings. The third kappa shape index (κ3) is 3.32. The maximum Gasteiger partial charge on any atom is 0.275 e. The fourth-order valence-electron chi connectivity index (χ4n) is 1.03. The first-order valence-corrected chi connectivity index (χ1v) is 6.10. The Morgan fingerprint density at radius 2 is 2.47 bits per heavy atom. The van der Waals surface area contributed by atoms with Crippen molar-refractivity contribution in [1.29, 1.82) is 0 Å². The fourth-order valence-corrected chi connectivity index (χ4v) is 2.35. The molecule has 0 amide bonds. The van der Waals surface area contributed by atoms with E-state index >= 15 is 0 Å². The van der Waals surface area contributed by atoms with Gasteiger partial charge in [0.05, 0.1) is 11.0 Å². The predicted molar refractivity (Wildman–Crippen MR) is 69.4 cm³/mol. The van der Waals surface area contributed by atoms with E-state index in [-0.39, 0.29) is 5.56 Å². The second kappa shape index (κ2) is 5.88. The quantitative estimate of drug-likeness (QED) is 0.778. The van der Waals surface area contributed by atoms with E-state index in [0.717, 1.165) is 5.57 Å². The summed E-state index contributed by atoms with van der Waals surface area (Å²) < 4.78 is 2.32. The Morgan fingerprint density at radius 3 is 2.93 bits per heavy atom. The zero-order chi connectivity index (χ0) is 11.3. The summed E-state index contributed by atoms with van der Waals surface area (Å²) in [5, 5.41) is 1.80. The zero-order valence-electron chi connectivity index (χ0n) is 8.44. The topological polar surface area (TPSA) is 22.0 Å². The van der Waals surface area contributed by atoms with Crippen LogP contribution >= 0.6 is 27.5 Å². The molecule has 0 spiro atoms. The first kappa shape index (κ1) is 12.2. The number of allylic oxidation sites excluding steroid dienone is 5. The summed E-state index contributed by atoms with van der Waals surface area (Å²) in [7, 11) is 0. The Hall–Kier alpha value is -0.870. The van der Waals surface area contributed by atoms with Crippen molar-refractivity contribution >= 4 is 27.5 Å². The molecule has 0 bridgehead atoms. The van der Waals surface area contributed by atoms with Crippen LogP contribution in [0.25, 0.3) is 0 Å². The van der Waals surface area contributed by atoms with Gasteiger partial charge in [-0.1, -0.05) is 42.4 Å². The van der Waals surface area contributed by atoms with Crippen molar-refractivity contribution in [2.24, 2.45) is 0 Å². The molecule has 1 aromatic heterocycles. The van der Waals surface area contributed by atoms with Crippen molar-refractivity contribution in [2.75, 3.05) is 0 Å². The average molecular weight is 286 g/mol. The number of hydrogen-bond acceptors (Lipinski definition) is 2. The number of hydrogen-bond donors (Lipinski definition) is 0. The van der Waals surface area contributed by atoms with Crippen LogP contribution in [0.1, 0.15) is 6.92 Å². The third-order valence-electron chi connectivity index (χ3n) is 1.86. The minimum Gasteiger partial charge on any atom is -0.267 e. The average Bonchev–Trinajstić information content (AvgIpc) is 2.55. The smallest absolute Gasteiger partial charge is 0.267 e. The Kier molecular flexibility index (Phi) is 4.78. The number of halogens is 1. The van der Waals surface area contributed by atoms with Crippen LogP contribution in [0.4, 0.5) is 0 Å². The molecular formula is C11H12BrNOS. The zero-order valence-corrected chi connectivity index (χ0v) is 10.8. The first-order valence-electron chi connectivity index (χ1n) is 4.47. The molecule has 0 fully saturated rings. The van der Waals surface area contributed by atoms with Crippen LogP contribution in [-0.4, -0.2) is 3.96 Å². The van der Waals surface area contributed by atoms with E-state index in [0.29, 0.717) is 11.0 Å². The predicted octanol–water partition coefficient (Wildman–Crippen LogP) is 3.36. The van der Waals surface area contributed by atoms with Gasteiger partial charge in [-0.3, -0.25) is 8.75 Å². The lowest BCUT2D eigenvalue weighted by molar-refractivity contribution is 0.843. The summed E-state index contributed by atoms with van der Waals surface area (Å²) in [6, 6.07) is 0. The molecule has 0 atom stereocenters. The van der Waals surface area contributed by atoms with Gasteiger partial charge in [-0.25, -0.2) is 0 Å².